The fourth-order valence-electron chi connectivity index (χ4n) is 1.54. The Morgan fingerprint density at radius 3 is 2.00 bits per heavy atom. The van der Waals surface area contributed by atoms with Crippen LogP contribution in [0.3, 0.4) is 0 Å². The van der Waals surface area contributed by atoms with Crippen molar-refractivity contribution >= 4 is 28.9 Å². The maximum Gasteiger partial charge on any atom is 0.0874 e. The van der Waals surface area contributed by atoms with Crippen LogP contribution in [0.4, 0.5) is 5.69 Å². The van der Waals surface area contributed by atoms with Crippen molar-refractivity contribution in [1.82, 2.24) is 0 Å². The van der Waals surface area contributed by atoms with Crippen molar-refractivity contribution in [2.24, 2.45) is 16.2 Å². The lowest BCUT2D eigenvalue weighted by molar-refractivity contribution is 1.06. The SMILES string of the molecule is NN=Nc1ccc(-c2c(Cl)cccc2Cl)cc1. The van der Waals surface area contributed by atoms with Crippen molar-refractivity contribution < 1.29 is 0 Å². The Bertz CT molecular complexity index is 530. The van der Waals surface area contributed by atoms with E-state index in [2.05, 4.69) is 10.3 Å². The lowest BCUT2D eigenvalue weighted by Gasteiger charge is -2.06. The molecule has 0 aliphatic carbocycles. The molecule has 0 aliphatic heterocycles. The van der Waals surface area contributed by atoms with E-state index in [1.165, 1.54) is 0 Å². The molecule has 0 radical (unpaired) electrons. The van der Waals surface area contributed by atoms with Crippen LogP contribution in [-0.2, 0) is 0 Å². The molecule has 2 aromatic carbocycles. The van der Waals surface area contributed by atoms with Gasteiger partial charge < -0.3 is 5.84 Å². The third kappa shape index (κ3) is 2.57. The smallest absolute Gasteiger partial charge is 0.0874 e. The van der Waals surface area contributed by atoms with Gasteiger partial charge in [0.15, 0.2) is 0 Å². The molecule has 0 heterocycles. The molecular formula is C12H9Cl2N3. The van der Waals surface area contributed by atoms with Crippen LogP contribution in [0.5, 0.6) is 0 Å². The topological polar surface area (TPSA) is 50.7 Å². The number of benzene rings is 2. The molecule has 0 bridgehead atoms. The molecule has 0 spiro atoms. The molecule has 0 amide bonds. The van der Waals surface area contributed by atoms with Crippen LogP contribution in [0.2, 0.25) is 10.0 Å². The second-order valence-electron chi connectivity index (χ2n) is 3.36. The summed E-state index contributed by atoms with van der Waals surface area (Å²) in [6.07, 6.45) is 0. The number of rotatable bonds is 2. The van der Waals surface area contributed by atoms with Crippen molar-refractivity contribution in [3.05, 3.63) is 52.5 Å². The number of hydrogen-bond donors (Lipinski definition) is 1. The molecule has 0 atom stereocenters. The Morgan fingerprint density at radius 2 is 1.47 bits per heavy atom. The van der Waals surface area contributed by atoms with Gasteiger partial charge in [0, 0.05) is 15.6 Å². The van der Waals surface area contributed by atoms with Crippen LogP contribution in [-0.4, -0.2) is 0 Å². The highest BCUT2D eigenvalue weighted by Gasteiger charge is 2.07. The fraction of sp³-hybridized carbons (Fsp3) is 0. The summed E-state index contributed by atoms with van der Waals surface area (Å²) in [7, 11) is 0. The number of hydrogen-bond acceptors (Lipinski definition) is 2. The highest BCUT2D eigenvalue weighted by Crippen LogP contribution is 2.35. The van der Waals surface area contributed by atoms with E-state index in [0.717, 1.165) is 11.1 Å². The van der Waals surface area contributed by atoms with E-state index in [1.54, 1.807) is 24.3 Å². The number of nitrogens with two attached hydrogens (primary N) is 1. The first-order valence-corrected chi connectivity index (χ1v) is 5.63. The summed E-state index contributed by atoms with van der Waals surface area (Å²) in [6.45, 7) is 0. The van der Waals surface area contributed by atoms with Crippen LogP contribution in [0.15, 0.2) is 52.8 Å². The van der Waals surface area contributed by atoms with Gasteiger partial charge in [-0.3, -0.25) is 0 Å². The molecule has 0 saturated carbocycles. The zero-order valence-electron chi connectivity index (χ0n) is 8.77. The van der Waals surface area contributed by atoms with Crippen LogP contribution >= 0.6 is 23.2 Å². The van der Waals surface area contributed by atoms with Gasteiger partial charge in [0.25, 0.3) is 0 Å². The van der Waals surface area contributed by atoms with Gasteiger partial charge in [-0.05, 0) is 29.8 Å². The fourth-order valence-corrected chi connectivity index (χ4v) is 2.15. The lowest BCUT2D eigenvalue weighted by atomic mass is 10.1. The maximum absolute atomic E-state index is 6.12. The first-order chi connectivity index (χ1) is 8.22. The monoisotopic (exact) mass is 265 g/mol. The van der Waals surface area contributed by atoms with Crippen LogP contribution < -0.4 is 5.84 Å². The predicted molar refractivity (Wildman–Crippen MR) is 70.6 cm³/mol. The van der Waals surface area contributed by atoms with E-state index in [-0.39, 0.29) is 0 Å². The van der Waals surface area contributed by atoms with Gasteiger partial charge in [0.1, 0.15) is 0 Å². The van der Waals surface area contributed by atoms with E-state index >= 15 is 0 Å². The predicted octanol–water partition coefficient (Wildman–Crippen LogP) is 4.62. The second-order valence-corrected chi connectivity index (χ2v) is 4.17. The summed E-state index contributed by atoms with van der Waals surface area (Å²) < 4.78 is 0. The molecule has 3 nitrogen and oxygen atoms in total. The molecular weight excluding hydrogens is 257 g/mol. The minimum atomic E-state index is 0.616. The zero-order chi connectivity index (χ0) is 12.3. The average molecular weight is 266 g/mol. The molecule has 2 aromatic rings. The Labute approximate surface area is 109 Å². The van der Waals surface area contributed by atoms with E-state index in [0.29, 0.717) is 15.7 Å². The highest BCUT2D eigenvalue weighted by molar-refractivity contribution is 6.39. The summed E-state index contributed by atoms with van der Waals surface area (Å²) in [5.41, 5.74) is 2.42. The quantitative estimate of drug-likeness (QED) is 0.481. The first kappa shape index (κ1) is 11.9. The van der Waals surface area contributed by atoms with Crippen molar-refractivity contribution in [2.45, 2.75) is 0 Å². The largest absolute Gasteiger partial charge is 0.305 e. The average Bonchev–Trinajstić information content (AvgIpc) is 2.31. The summed E-state index contributed by atoms with van der Waals surface area (Å²) in [4.78, 5) is 0. The molecule has 5 heteroatoms. The number of nitrogens with zero attached hydrogens (tertiary/aromatic N) is 2. The zero-order valence-corrected chi connectivity index (χ0v) is 10.3. The van der Waals surface area contributed by atoms with Gasteiger partial charge in [0.05, 0.1) is 5.69 Å². The summed E-state index contributed by atoms with van der Waals surface area (Å²) in [5.74, 6) is 4.97. The van der Waals surface area contributed by atoms with Crippen LogP contribution in [0.1, 0.15) is 0 Å². The molecule has 2 N–H and O–H groups in total. The van der Waals surface area contributed by atoms with E-state index in [9.17, 15) is 0 Å². The Kier molecular flexibility index (Phi) is 3.61. The molecule has 0 aromatic heterocycles. The Balaban J connectivity index is 2.47. The van der Waals surface area contributed by atoms with Gasteiger partial charge in [-0.15, -0.1) is 5.11 Å². The number of halogens is 2. The molecule has 0 fully saturated rings. The van der Waals surface area contributed by atoms with Crippen LogP contribution in [0, 0.1) is 0 Å². The molecule has 0 aliphatic rings. The van der Waals surface area contributed by atoms with Crippen molar-refractivity contribution in [2.75, 3.05) is 0 Å². The summed E-state index contributed by atoms with van der Waals surface area (Å²) in [6, 6.07) is 12.8. The van der Waals surface area contributed by atoms with Gasteiger partial charge >= 0.3 is 0 Å². The van der Waals surface area contributed by atoms with E-state index in [4.69, 9.17) is 29.0 Å². The first-order valence-electron chi connectivity index (χ1n) is 4.88. The highest BCUT2D eigenvalue weighted by atomic mass is 35.5. The normalized spacial score (nSPS) is 10.9. The van der Waals surface area contributed by atoms with Crippen LogP contribution in [0.25, 0.3) is 11.1 Å². The van der Waals surface area contributed by atoms with Gasteiger partial charge in [-0.25, -0.2) is 0 Å². The summed E-state index contributed by atoms with van der Waals surface area (Å²) in [5, 5.41) is 8.17. The van der Waals surface area contributed by atoms with Gasteiger partial charge in [-0.1, -0.05) is 46.6 Å². The Morgan fingerprint density at radius 1 is 0.882 bits per heavy atom. The minimum absolute atomic E-state index is 0.616. The Hall–Kier alpha value is -1.58. The molecule has 0 saturated heterocycles. The van der Waals surface area contributed by atoms with Gasteiger partial charge in [-0.2, -0.15) is 0 Å². The summed E-state index contributed by atoms with van der Waals surface area (Å²) >= 11 is 12.2. The third-order valence-electron chi connectivity index (χ3n) is 2.29. The molecule has 17 heavy (non-hydrogen) atoms. The van der Waals surface area contributed by atoms with Crippen molar-refractivity contribution in [1.29, 1.82) is 0 Å². The van der Waals surface area contributed by atoms with Crippen molar-refractivity contribution in [3.8, 4) is 11.1 Å². The van der Waals surface area contributed by atoms with Gasteiger partial charge in [0.2, 0.25) is 0 Å². The van der Waals surface area contributed by atoms with Crippen molar-refractivity contribution in [3.63, 3.8) is 0 Å². The maximum atomic E-state index is 6.12. The minimum Gasteiger partial charge on any atom is -0.305 e. The lowest BCUT2D eigenvalue weighted by Crippen LogP contribution is -1.81. The molecule has 0 unspecified atom stereocenters. The standard InChI is InChI=1S/C12H9Cl2N3/c13-10-2-1-3-11(14)12(10)8-4-6-9(7-5-8)16-17-15/h1-7H,(H2,15,16). The second kappa shape index (κ2) is 5.17. The molecule has 86 valence electrons. The molecule has 2 rings (SSSR count). The third-order valence-corrected chi connectivity index (χ3v) is 2.92. The van der Waals surface area contributed by atoms with E-state index < -0.39 is 0 Å². The van der Waals surface area contributed by atoms with E-state index in [1.807, 2.05) is 18.2 Å².